The van der Waals surface area contributed by atoms with E-state index in [1.165, 1.54) is 17.6 Å². The Kier molecular flexibility index (Phi) is 15.7. The van der Waals surface area contributed by atoms with Crippen molar-refractivity contribution in [3.63, 3.8) is 0 Å². The molecule has 0 N–H and O–H groups in total. The van der Waals surface area contributed by atoms with Crippen molar-refractivity contribution in [1.82, 2.24) is 13.7 Å². The predicted octanol–water partition coefficient (Wildman–Crippen LogP) is 15.8. The summed E-state index contributed by atoms with van der Waals surface area (Å²) in [6.07, 6.45) is 0. The molecule has 0 radical (unpaired) electrons. The molecular formula is C81H64GeN4O7. The Hall–Kier alpha value is -11.5. The summed E-state index contributed by atoms with van der Waals surface area (Å²) in [7, 11) is 10.3. The molecule has 0 saturated carbocycles. The summed E-state index contributed by atoms with van der Waals surface area (Å²) in [5, 5.41) is 15.8. The van der Waals surface area contributed by atoms with Crippen molar-refractivity contribution in [2.24, 2.45) is 0 Å². The van der Waals surface area contributed by atoms with Crippen molar-refractivity contribution >= 4 is 102 Å². The molecule has 3 heterocycles. The molecule has 12 aromatic carbocycles. The van der Waals surface area contributed by atoms with Crippen LogP contribution in [0.25, 0.3) is 93.6 Å². The Morgan fingerprint density at radius 2 is 0.624 bits per heavy atom. The number of aromatic nitrogens is 3. The van der Waals surface area contributed by atoms with Crippen LogP contribution in [0.1, 0.15) is 22.8 Å². The van der Waals surface area contributed by atoms with Gasteiger partial charge in [-0.15, -0.1) is 0 Å². The molecule has 0 aliphatic carbocycles. The number of nitrogens with zero attached hydrogens (tertiary/aromatic N) is 4. The first-order valence-electron chi connectivity index (χ1n) is 30.6. The van der Waals surface area contributed by atoms with Crippen molar-refractivity contribution in [3.8, 4) is 68.8 Å². The molecule has 15 rings (SSSR count). The van der Waals surface area contributed by atoms with Crippen LogP contribution < -0.4 is 46.0 Å². The van der Waals surface area contributed by atoms with Crippen molar-refractivity contribution in [2.45, 2.75) is 6.92 Å². The first kappa shape index (κ1) is 59.2. The third-order valence-electron chi connectivity index (χ3n) is 18.0. The fourth-order valence-corrected chi connectivity index (χ4v) is 23.5. The molecule has 12 heteroatoms. The Balaban J connectivity index is 0.000000769. The zero-order chi connectivity index (χ0) is 63.9. The molecule has 0 fully saturated rings. The van der Waals surface area contributed by atoms with E-state index < -0.39 is 13.3 Å². The van der Waals surface area contributed by atoms with E-state index in [0.29, 0.717) is 5.56 Å². The van der Waals surface area contributed by atoms with Gasteiger partial charge < -0.3 is 0 Å². The van der Waals surface area contributed by atoms with Gasteiger partial charge in [-0.25, -0.2) is 0 Å². The second kappa shape index (κ2) is 24.7. The maximum absolute atomic E-state index is 10.6. The molecule has 0 bridgehead atoms. The zero-order valence-electron chi connectivity index (χ0n) is 52.5. The van der Waals surface area contributed by atoms with Gasteiger partial charge in [-0.05, 0) is 6.92 Å². The summed E-state index contributed by atoms with van der Waals surface area (Å²) in [5.74, 6) is 4.57. The molecule has 93 heavy (non-hydrogen) atoms. The molecule has 0 aliphatic heterocycles. The van der Waals surface area contributed by atoms with Gasteiger partial charge in [-0.2, -0.15) is 0 Å². The van der Waals surface area contributed by atoms with E-state index in [-0.39, 0.29) is 5.78 Å². The number of Topliss-reactive ketones (excluding diaryl/α,β-unsaturated/α-hetero) is 1. The monoisotopic (exact) mass is 1280 g/mol. The van der Waals surface area contributed by atoms with Crippen LogP contribution in [0.3, 0.4) is 0 Å². The predicted molar refractivity (Wildman–Crippen MR) is 379 cm³/mol. The van der Waals surface area contributed by atoms with E-state index in [0.717, 1.165) is 134 Å². The Morgan fingerprint density at radius 3 is 0.914 bits per heavy atom. The van der Waals surface area contributed by atoms with E-state index in [9.17, 15) is 10.1 Å². The topological polar surface area (TPSA) is 111 Å². The molecule has 0 atom stereocenters. The number of fused-ring (bicyclic) bond motifs is 9. The average Bonchev–Trinajstić information content (AvgIpc) is 1.64. The van der Waals surface area contributed by atoms with Crippen molar-refractivity contribution in [2.75, 3.05) is 42.7 Å². The summed E-state index contributed by atoms with van der Waals surface area (Å²) in [6.45, 7) is 1.56. The number of rotatable bonds is 15. The molecule has 0 saturated heterocycles. The molecule has 0 amide bonds. The molecule has 11 nitrogen and oxygen atoms in total. The zero-order valence-corrected chi connectivity index (χ0v) is 54.6. The number of ether oxygens (including phenoxy) is 6. The van der Waals surface area contributed by atoms with E-state index in [2.05, 4.69) is 214 Å². The number of nitriles is 1. The van der Waals surface area contributed by atoms with E-state index >= 15 is 0 Å². The van der Waals surface area contributed by atoms with Gasteiger partial charge in [0.25, 0.3) is 0 Å². The van der Waals surface area contributed by atoms with Crippen LogP contribution in [0, 0.1) is 11.3 Å². The van der Waals surface area contributed by atoms with Crippen LogP contribution >= 0.6 is 0 Å². The Labute approximate surface area is 541 Å². The number of methoxy groups -OCH3 is 6. The minimum absolute atomic E-state index is 0.121. The van der Waals surface area contributed by atoms with Gasteiger partial charge in [-0.1, -0.05) is 30.3 Å². The first-order chi connectivity index (χ1) is 45.6. The Bertz CT molecular complexity index is 5010. The molecule has 454 valence electrons. The number of hydrogen-bond donors (Lipinski definition) is 0. The van der Waals surface area contributed by atoms with Crippen LogP contribution in [-0.4, -0.2) is 75.4 Å². The standard InChI is InChI=1S/C73H56GeN4O6.C8H8O/c1-79-53-25-31-65-59(39-53)60-40-54(80-2)26-32-66(60)76(65)71-37-52(74(49-13-9-7-10-14-49,50-15-11-8-12-16-50)51-23-21-48(22-24-51)47-19-17-46(45-75)18-20-47)38-72(77-67-33-27-55(81-3)41-61(67)62-42-56(82-4)28-34-68(62)77)73(71)78-69-35-29-57(83-5)43-63(69)64-44-58(84-6)30-36-70(64)78;1-7(9)8-5-3-2-4-6-8/h7-44H,1-6H3;2-6H,1H3. The van der Waals surface area contributed by atoms with Crippen molar-refractivity contribution in [1.29, 1.82) is 5.26 Å². The normalized spacial score (nSPS) is 11.4. The van der Waals surface area contributed by atoms with Crippen molar-refractivity contribution < 1.29 is 33.2 Å². The average molecular weight is 1280 g/mol. The second-order valence-corrected chi connectivity index (χ2v) is 30.8. The fourth-order valence-electron chi connectivity index (χ4n) is 13.6. The molecule has 3 aromatic heterocycles. The fraction of sp³-hybridized carbons (Fsp3) is 0.0864. The first-order valence-corrected chi connectivity index (χ1v) is 34.8. The van der Waals surface area contributed by atoms with Crippen LogP contribution in [0.4, 0.5) is 0 Å². The molecule has 15 aromatic rings. The number of benzene rings is 12. The van der Waals surface area contributed by atoms with Gasteiger partial charge in [0.05, 0.1) is 0 Å². The van der Waals surface area contributed by atoms with Crippen LogP contribution in [-0.2, 0) is 0 Å². The summed E-state index contributed by atoms with van der Waals surface area (Å²) in [5.41, 5.74) is 12.2. The van der Waals surface area contributed by atoms with Gasteiger partial charge >= 0.3 is 491 Å². The van der Waals surface area contributed by atoms with Crippen LogP contribution in [0.2, 0.25) is 0 Å². The third-order valence-corrected chi connectivity index (χ3v) is 28.0. The Morgan fingerprint density at radius 1 is 0.333 bits per heavy atom. The molecular weight excluding hydrogens is 1210 g/mol. The maximum atomic E-state index is 10.6. The third kappa shape index (κ3) is 10.2. The van der Waals surface area contributed by atoms with Gasteiger partial charge in [0.2, 0.25) is 0 Å². The molecule has 0 unspecified atom stereocenters. The van der Waals surface area contributed by atoms with E-state index in [4.69, 9.17) is 28.4 Å². The summed E-state index contributed by atoms with van der Waals surface area (Å²) in [6, 6.07) is 94.1. The van der Waals surface area contributed by atoms with E-state index in [1.54, 1.807) is 49.6 Å². The molecule has 0 aliphatic rings. The number of hydrogen-bond acceptors (Lipinski definition) is 8. The van der Waals surface area contributed by atoms with Crippen LogP contribution in [0.15, 0.2) is 261 Å². The van der Waals surface area contributed by atoms with Gasteiger partial charge in [0, 0.05) is 5.56 Å². The van der Waals surface area contributed by atoms with Crippen LogP contribution in [0.5, 0.6) is 34.5 Å². The number of ketones is 1. The quantitative estimate of drug-likeness (QED) is 0.0737. The summed E-state index contributed by atoms with van der Waals surface area (Å²) < 4.78 is 48.3. The summed E-state index contributed by atoms with van der Waals surface area (Å²) in [4.78, 5) is 10.6. The van der Waals surface area contributed by atoms with Crippen molar-refractivity contribution in [3.05, 3.63) is 272 Å². The van der Waals surface area contributed by atoms with Gasteiger partial charge in [-0.3, -0.25) is 4.79 Å². The SMILES string of the molecule is CC(=O)c1ccccc1.COc1ccc2c(c1)c1cc(OC)ccc1n2-c1c[c]([Ge]([c]2ccccc2)([c]2ccccc2)[c]2ccc(-c3ccc(C#N)cc3)cc2)cc(-n2c3ccc(OC)cc3c3cc(OC)ccc32)c1-n1c2ccc(OC)cc2c2cc(OC)ccc21. The molecule has 0 spiro atoms. The second-order valence-electron chi connectivity index (χ2n) is 22.8. The summed E-state index contributed by atoms with van der Waals surface area (Å²) >= 11 is -4.36. The van der Waals surface area contributed by atoms with E-state index in [1.807, 2.05) is 66.7 Å². The van der Waals surface area contributed by atoms with Gasteiger partial charge in [0.15, 0.2) is 5.78 Å². The number of carbonyl (C=O) groups is 1. The van der Waals surface area contributed by atoms with Gasteiger partial charge in [0.1, 0.15) is 0 Å². The number of carbonyl (C=O) groups excluding carboxylic acids is 1. The minimum atomic E-state index is -4.36.